The summed E-state index contributed by atoms with van der Waals surface area (Å²) in [6.45, 7) is 6.91. The van der Waals surface area contributed by atoms with Gasteiger partial charge in [0.1, 0.15) is 47.5 Å². The molecule has 2 aromatic rings. The lowest BCUT2D eigenvalue weighted by Gasteiger charge is -2.47. The van der Waals surface area contributed by atoms with Crippen molar-refractivity contribution >= 4 is 23.3 Å². The third kappa shape index (κ3) is 8.05. The minimum Gasteiger partial charge on any atom is -1.00 e. The van der Waals surface area contributed by atoms with Crippen molar-refractivity contribution in [3.8, 4) is 17.2 Å². The molecule has 0 spiro atoms. The summed E-state index contributed by atoms with van der Waals surface area (Å²) in [5.74, 6) is -5.87. The van der Waals surface area contributed by atoms with Gasteiger partial charge < -0.3 is 76.0 Å². The number of hydrogen-bond donors (Lipinski definition) is 6. The van der Waals surface area contributed by atoms with Gasteiger partial charge in [0.05, 0.1) is 74.3 Å². The quantitative estimate of drug-likeness (QED) is 0.106. The number of ketones is 3. The number of phenolic OH excluding ortho intramolecular Hbond substituents is 3. The van der Waals surface area contributed by atoms with E-state index in [0.717, 1.165) is 24.1 Å². The van der Waals surface area contributed by atoms with Crippen LogP contribution >= 0.6 is 0 Å². The first-order valence-electron chi connectivity index (χ1n) is 20.2. The van der Waals surface area contributed by atoms with Gasteiger partial charge in [0.2, 0.25) is 5.78 Å². The largest absolute Gasteiger partial charge is 1.00 e. The zero-order chi connectivity index (χ0) is 42.8. The van der Waals surface area contributed by atoms with Crippen molar-refractivity contribution in [2.75, 3.05) is 21.2 Å². The van der Waals surface area contributed by atoms with Gasteiger partial charge in [0.15, 0.2) is 30.4 Å². The number of aromatic hydroxyl groups is 3. The highest BCUT2D eigenvalue weighted by atomic mass is 35.5. The molecule has 3 saturated heterocycles. The molecule has 330 valence electrons. The van der Waals surface area contributed by atoms with Gasteiger partial charge >= 0.3 is 5.97 Å². The van der Waals surface area contributed by atoms with Crippen LogP contribution in [-0.2, 0) is 42.7 Å². The Morgan fingerprint density at radius 3 is 2.05 bits per heavy atom. The van der Waals surface area contributed by atoms with Gasteiger partial charge in [-0.15, -0.1) is 0 Å². The van der Waals surface area contributed by atoms with Crippen LogP contribution < -0.4 is 17.3 Å². The minimum absolute atomic E-state index is 0. The summed E-state index contributed by atoms with van der Waals surface area (Å²) in [7, 11) is 5.02. The molecule has 7 rings (SSSR count). The Kier molecular flexibility index (Phi) is 13.4. The Labute approximate surface area is 353 Å². The van der Waals surface area contributed by atoms with E-state index in [9.17, 15) is 44.7 Å². The first kappa shape index (κ1) is 45.8. The van der Waals surface area contributed by atoms with E-state index in [2.05, 4.69) is 0 Å². The number of methoxy groups -OCH3 is 1. The van der Waals surface area contributed by atoms with Crippen LogP contribution in [0.5, 0.6) is 17.2 Å². The number of hydrogen-bond acceptors (Lipinski definition) is 16. The number of rotatable bonds is 9. The summed E-state index contributed by atoms with van der Waals surface area (Å²) in [5.41, 5.74) is -3.55. The van der Waals surface area contributed by atoms with E-state index in [-0.39, 0.29) is 66.6 Å². The molecule has 17 nitrogen and oxygen atoms in total. The summed E-state index contributed by atoms with van der Waals surface area (Å²) in [4.78, 5) is 54.2. The normalized spacial score (nSPS) is 35.3. The van der Waals surface area contributed by atoms with Crippen LogP contribution in [0.15, 0.2) is 18.2 Å². The van der Waals surface area contributed by atoms with Crippen molar-refractivity contribution in [1.29, 1.82) is 0 Å². The van der Waals surface area contributed by atoms with Crippen LogP contribution in [0.25, 0.3) is 0 Å². The number of esters is 1. The fourth-order valence-electron chi connectivity index (χ4n) is 9.42. The highest BCUT2D eigenvalue weighted by Gasteiger charge is 2.54. The summed E-state index contributed by atoms with van der Waals surface area (Å²) in [5, 5.41) is 56.5. The highest BCUT2D eigenvalue weighted by Crippen LogP contribution is 2.54. The molecule has 3 fully saturated rings. The lowest BCUT2D eigenvalue weighted by atomic mass is 9.67. The van der Waals surface area contributed by atoms with E-state index < -0.39 is 125 Å². The Morgan fingerprint density at radius 2 is 1.47 bits per heavy atom. The molecule has 13 atom stereocenters. The number of fused-ring (bicyclic) bond motifs is 3. The second-order valence-electron chi connectivity index (χ2n) is 16.6. The zero-order valence-corrected chi connectivity index (χ0v) is 35.3. The van der Waals surface area contributed by atoms with Crippen molar-refractivity contribution in [1.82, 2.24) is 0 Å². The second kappa shape index (κ2) is 17.6. The van der Waals surface area contributed by atoms with Crippen LogP contribution in [0.2, 0.25) is 0 Å². The molecule has 3 aliphatic heterocycles. The van der Waals surface area contributed by atoms with Gasteiger partial charge in [0, 0.05) is 36.8 Å². The molecule has 18 heteroatoms. The summed E-state index contributed by atoms with van der Waals surface area (Å²) in [6, 6.07) is 3.10. The molecular formula is C42H54ClNO16. The van der Waals surface area contributed by atoms with Crippen molar-refractivity contribution < 1.29 is 95.2 Å². The van der Waals surface area contributed by atoms with Crippen molar-refractivity contribution in [2.45, 2.75) is 145 Å². The predicted molar refractivity (Wildman–Crippen MR) is 202 cm³/mol. The number of carbonyl (C=O) groups is 4. The van der Waals surface area contributed by atoms with Gasteiger partial charge in [-0.2, -0.15) is 0 Å². The van der Waals surface area contributed by atoms with Gasteiger partial charge in [-0.1, -0.05) is 6.92 Å². The number of carbonyl (C=O) groups excluding carboxylic acids is 4. The van der Waals surface area contributed by atoms with Crippen molar-refractivity contribution in [2.24, 2.45) is 0 Å². The number of likely N-dealkylation sites (N-methyl/N-ethyl adjacent to an activating group) is 1. The number of aliphatic hydroxyl groups excluding tert-OH is 1. The maximum absolute atomic E-state index is 14.0. The van der Waals surface area contributed by atoms with Crippen molar-refractivity contribution in [3.63, 3.8) is 0 Å². The Bertz CT molecular complexity index is 2000. The average molecular weight is 864 g/mol. The minimum atomic E-state index is -1.81. The van der Waals surface area contributed by atoms with E-state index in [0.29, 0.717) is 12.8 Å². The molecule has 5 aliphatic rings. The van der Waals surface area contributed by atoms with Gasteiger partial charge in [0.25, 0.3) is 0 Å². The number of quaternary nitrogens is 1. The number of aliphatic hydroxyl groups is 2. The van der Waals surface area contributed by atoms with E-state index in [1.165, 1.54) is 6.07 Å². The number of phenols is 3. The standard InChI is InChI=1S/C42H53NO16.ClH/c1-8-42(52)16-27(31-20(35(42)41(51)53-7)13-21-32(37(31)49)38(50)34-25(46)10-9-24(45)33(34)36(21)48)57-29-14-22(43(5)6)39(18(3)55-29)59-30-15-26(47)40(19(4)56-30)58-28-12-11-23(44)17(2)54-28;/h9-10,13,17-19,22,26-30,35,39-40,45-47,49,52H,8,11-12,14-16H2,1-7H3;1H/t17?,18?,19?,22?,26?,27-,28?,29?,30?,35-,39?,40?,42+;/m0./s1. The highest BCUT2D eigenvalue weighted by molar-refractivity contribution is 6.31. The summed E-state index contributed by atoms with van der Waals surface area (Å²) in [6.07, 6.45) is -6.80. The number of nitrogens with one attached hydrogen (secondary N) is 1. The Balaban J connectivity index is 0.00000604. The Hall–Kier alpha value is -3.75. The number of ether oxygens (including phenoxy) is 7. The molecule has 6 N–H and O–H groups in total. The van der Waals surface area contributed by atoms with Gasteiger partial charge in [-0.3, -0.25) is 19.2 Å². The molecule has 0 radical (unpaired) electrons. The monoisotopic (exact) mass is 863 g/mol. The van der Waals surface area contributed by atoms with Crippen molar-refractivity contribution in [3.05, 3.63) is 51.6 Å². The first-order valence-corrected chi connectivity index (χ1v) is 20.2. The molecule has 10 unspecified atom stereocenters. The lowest BCUT2D eigenvalue weighted by molar-refractivity contribution is -0.894. The molecule has 2 aromatic carbocycles. The molecule has 2 aliphatic carbocycles. The fraction of sp³-hybridized carbons (Fsp3) is 0.619. The molecule has 3 heterocycles. The van der Waals surface area contributed by atoms with Gasteiger partial charge in [-0.05, 0) is 51.0 Å². The first-order chi connectivity index (χ1) is 27.9. The Morgan fingerprint density at radius 1 is 0.867 bits per heavy atom. The van der Waals surface area contributed by atoms with Crippen LogP contribution in [-0.4, -0.2) is 137 Å². The van der Waals surface area contributed by atoms with E-state index >= 15 is 0 Å². The maximum Gasteiger partial charge on any atom is 0.316 e. The fourth-order valence-corrected chi connectivity index (χ4v) is 9.42. The number of benzene rings is 2. The SMILES string of the molecule is CC[C@@]1(O)C[C@H](OC2CC([NH+](C)C)C(OC3CC(O)C(OC4CCC(=O)C(C)O4)C(C)O3)C(C)O2)c2c(cc3c(c2O)C(=O)c2c(O)ccc(O)c2C3=O)[C@H]1C(=O)OC.[Cl-]. The molecule has 0 amide bonds. The number of halogens is 1. The van der Waals surface area contributed by atoms with Gasteiger partial charge in [-0.25, -0.2) is 0 Å². The third-order valence-electron chi connectivity index (χ3n) is 12.6. The van der Waals surface area contributed by atoms with E-state index in [1.807, 2.05) is 14.1 Å². The molecule has 0 saturated carbocycles. The molecule has 0 bridgehead atoms. The summed E-state index contributed by atoms with van der Waals surface area (Å²) >= 11 is 0. The molecule has 60 heavy (non-hydrogen) atoms. The lowest BCUT2D eigenvalue weighted by Crippen LogP contribution is -3.12. The topological polar surface area (TPSA) is 238 Å². The molecule has 0 aromatic heterocycles. The smallest absolute Gasteiger partial charge is 0.316 e. The van der Waals surface area contributed by atoms with E-state index in [4.69, 9.17) is 33.2 Å². The van der Waals surface area contributed by atoms with Crippen LogP contribution in [0, 0.1) is 0 Å². The van der Waals surface area contributed by atoms with Crippen LogP contribution in [0.1, 0.15) is 121 Å². The zero-order valence-electron chi connectivity index (χ0n) is 34.5. The second-order valence-corrected chi connectivity index (χ2v) is 16.6. The summed E-state index contributed by atoms with van der Waals surface area (Å²) < 4.78 is 42.6. The van der Waals surface area contributed by atoms with Crippen LogP contribution in [0.4, 0.5) is 0 Å². The van der Waals surface area contributed by atoms with E-state index in [1.54, 1.807) is 27.7 Å². The third-order valence-corrected chi connectivity index (χ3v) is 12.6. The number of Topliss-reactive ketones (excluding diaryl/α,β-unsaturated/α-hetero) is 1. The predicted octanol–water partition coefficient (Wildman–Crippen LogP) is -1.55. The average Bonchev–Trinajstić information content (AvgIpc) is 3.17. The molecular weight excluding hydrogens is 810 g/mol. The van der Waals surface area contributed by atoms with Crippen LogP contribution in [0.3, 0.4) is 0 Å². The maximum atomic E-state index is 14.0.